The van der Waals surface area contributed by atoms with Crippen molar-refractivity contribution in [3.8, 4) is 11.5 Å². The zero-order valence-corrected chi connectivity index (χ0v) is 7.95. The van der Waals surface area contributed by atoms with Crippen molar-refractivity contribution in [2.24, 2.45) is 0 Å². The monoisotopic (exact) mass is 202 g/mol. The Morgan fingerprint density at radius 1 is 1.54 bits per heavy atom. The van der Waals surface area contributed by atoms with Crippen LogP contribution in [0.25, 0.3) is 0 Å². The highest BCUT2D eigenvalue weighted by Gasteiger charge is 2.08. The van der Waals surface area contributed by atoms with Gasteiger partial charge >= 0.3 is 0 Å². The van der Waals surface area contributed by atoms with Crippen molar-refractivity contribution in [1.29, 1.82) is 0 Å². The number of phenolic OH excluding ortho intramolecular Hbond substituents is 1. The molecule has 2 N–H and O–H groups in total. The van der Waals surface area contributed by atoms with Gasteiger partial charge in [-0.15, -0.1) is 11.6 Å². The van der Waals surface area contributed by atoms with Crippen molar-refractivity contribution in [3.63, 3.8) is 0 Å². The van der Waals surface area contributed by atoms with Gasteiger partial charge in [-0.25, -0.2) is 0 Å². The van der Waals surface area contributed by atoms with E-state index in [1.54, 1.807) is 12.1 Å². The quantitative estimate of drug-likeness (QED) is 0.734. The van der Waals surface area contributed by atoms with E-state index in [4.69, 9.17) is 16.3 Å². The molecule has 0 heterocycles. The summed E-state index contributed by atoms with van der Waals surface area (Å²) in [5.41, 5.74) is 0.577. The summed E-state index contributed by atoms with van der Waals surface area (Å²) in [5, 5.41) is 18.7. The van der Waals surface area contributed by atoms with Gasteiger partial charge in [0.05, 0.1) is 19.1 Å². The van der Waals surface area contributed by atoms with Gasteiger partial charge in [-0.1, -0.05) is 6.07 Å². The van der Waals surface area contributed by atoms with Gasteiger partial charge in [0, 0.05) is 0 Å². The van der Waals surface area contributed by atoms with Crippen LogP contribution in [0, 0.1) is 0 Å². The molecule has 0 aliphatic heterocycles. The fraction of sp³-hybridized carbons (Fsp3) is 0.333. The molecule has 3 nitrogen and oxygen atoms in total. The predicted molar refractivity (Wildman–Crippen MR) is 50.3 cm³/mol. The SMILES string of the molecule is COc1ccc(C(O)CCl)cc1O. The van der Waals surface area contributed by atoms with E-state index in [9.17, 15) is 10.2 Å². The lowest BCUT2D eigenvalue weighted by Crippen LogP contribution is -1.98. The van der Waals surface area contributed by atoms with Gasteiger partial charge in [-0.3, -0.25) is 0 Å². The Morgan fingerprint density at radius 2 is 2.23 bits per heavy atom. The first-order chi connectivity index (χ1) is 6.19. The van der Waals surface area contributed by atoms with Crippen molar-refractivity contribution in [2.45, 2.75) is 6.10 Å². The summed E-state index contributed by atoms with van der Waals surface area (Å²) < 4.78 is 4.85. The molecule has 0 bridgehead atoms. The number of methoxy groups -OCH3 is 1. The highest BCUT2D eigenvalue weighted by molar-refractivity contribution is 6.18. The van der Waals surface area contributed by atoms with Crippen LogP contribution >= 0.6 is 11.6 Å². The molecule has 0 fully saturated rings. The molecule has 0 radical (unpaired) electrons. The van der Waals surface area contributed by atoms with E-state index < -0.39 is 6.10 Å². The van der Waals surface area contributed by atoms with Crippen LogP contribution in [0.1, 0.15) is 11.7 Å². The second-order valence-corrected chi connectivity index (χ2v) is 2.91. The van der Waals surface area contributed by atoms with Crippen molar-refractivity contribution < 1.29 is 14.9 Å². The maximum absolute atomic E-state index is 9.36. The molecule has 4 heteroatoms. The van der Waals surface area contributed by atoms with Crippen molar-refractivity contribution in [2.75, 3.05) is 13.0 Å². The summed E-state index contributed by atoms with van der Waals surface area (Å²) >= 11 is 5.45. The molecule has 0 amide bonds. The van der Waals surface area contributed by atoms with Gasteiger partial charge in [-0.2, -0.15) is 0 Å². The van der Waals surface area contributed by atoms with Crippen LogP contribution < -0.4 is 4.74 Å². The molecule has 1 unspecified atom stereocenters. The standard InChI is InChI=1S/C9H11ClO3/c1-13-9-3-2-6(4-7(9)11)8(12)5-10/h2-4,8,11-12H,5H2,1H3. The fourth-order valence-electron chi connectivity index (χ4n) is 1.00. The Hall–Kier alpha value is -0.930. The van der Waals surface area contributed by atoms with Gasteiger partial charge in [0.25, 0.3) is 0 Å². The Balaban J connectivity index is 2.95. The first-order valence-corrected chi connectivity index (χ1v) is 4.33. The van der Waals surface area contributed by atoms with E-state index in [0.717, 1.165) is 0 Å². The topological polar surface area (TPSA) is 49.7 Å². The van der Waals surface area contributed by atoms with Crippen LogP contribution in [-0.4, -0.2) is 23.2 Å². The number of ether oxygens (including phenoxy) is 1. The normalized spacial score (nSPS) is 12.5. The third-order valence-corrected chi connectivity index (χ3v) is 2.03. The predicted octanol–water partition coefficient (Wildman–Crippen LogP) is 1.67. The van der Waals surface area contributed by atoms with Crippen LogP contribution in [0.5, 0.6) is 11.5 Å². The largest absolute Gasteiger partial charge is 0.504 e. The molecule has 1 aromatic rings. The Labute approximate surface area is 81.5 Å². The molecule has 13 heavy (non-hydrogen) atoms. The van der Waals surface area contributed by atoms with E-state index in [2.05, 4.69) is 0 Å². The average molecular weight is 203 g/mol. The second-order valence-electron chi connectivity index (χ2n) is 2.60. The molecule has 0 aliphatic carbocycles. The van der Waals surface area contributed by atoms with E-state index in [1.165, 1.54) is 13.2 Å². The highest BCUT2D eigenvalue weighted by atomic mass is 35.5. The van der Waals surface area contributed by atoms with Gasteiger partial charge in [0.1, 0.15) is 0 Å². The van der Waals surface area contributed by atoms with Crippen molar-refractivity contribution in [3.05, 3.63) is 23.8 Å². The zero-order valence-electron chi connectivity index (χ0n) is 7.20. The lowest BCUT2D eigenvalue weighted by Gasteiger charge is -2.09. The van der Waals surface area contributed by atoms with Gasteiger partial charge in [0.2, 0.25) is 0 Å². The lowest BCUT2D eigenvalue weighted by molar-refractivity contribution is 0.202. The van der Waals surface area contributed by atoms with Crippen molar-refractivity contribution in [1.82, 2.24) is 0 Å². The lowest BCUT2D eigenvalue weighted by atomic mass is 10.1. The number of aliphatic hydroxyl groups is 1. The number of alkyl halides is 1. The molecule has 1 aromatic carbocycles. The number of rotatable bonds is 3. The number of hydrogen-bond donors (Lipinski definition) is 2. The van der Waals surface area contributed by atoms with Crippen molar-refractivity contribution >= 4 is 11.6 Å². The molecule has 72 valence electrons. The van der Waals surface area contributed by atoms with E-state index in [0.29, 0.717) is 11.3 Å². The number of benzene rings is 1. The van der Waals surface area contributed by atoms with E-state index in [1.807, 2.05) is 0 Å². The summed E-state index contributed by atoms with van der Waals surface area (Å²) in [6.45, 7) is 0. The third-order valence-electron chi connectivity index (χ3n) is 1.73. The number of aliphatic hydroxyl groups excluding tert-OH is 1. The molecular formula is C9H11ClO3. The maximum atomic E-state index is 9.36. The third kappa shape index (κ3) is 2.26. The van der Waals surface area contributed by atoms with Crippen LogP contribution in [-0.2, 0) is 0 Å². The fourth-order valence-corrected chi connectivity index (χ4v) is 1.18. The number of aromatic hydroxyl groups is 1. The Morgan fingerprint density at radius 3 is 2.69 bits per heavy atom. The first kappa shape index (κ1) is 10.2. The number of phenols is 1. The van der Waals surface area contributed by atoms with E-state index >= 15 is 0 Å². The maximum Gasteiger partial charge on any atom is 0.160 e. The number of hydrogen-bond acceptors (Lipinski definition) is 3. The Kier molecular flexibility index (Phi) is 3.39. The zero-order chi connectivity index (χ0) is 9.84. The van der Waals surface area contributed by atoms with Crippen LogP contribution in [0.2, 0.25) is 0 Å². The molecule has 1 atom stereocenters. The summed E-state index contributed by atoms with van der Waals surface area (Å²) in [6, 6.07) is 4.68. The summed E-state index contributed by atoms with van der Waals surface area (Å²) in [7, 11) is 1.46. The van der Waals surface area contributed by atoms with Crippen LogP contribution in [0.4, 0.5) is 0 Å². The first-order valence-electron chi connectivity index (χ1n) is 3.80. The Bertz CT molecular complexity index is 288. The summed E-state index contributed by atoms with van der Waals surface area (Å²) in [4.78, 5) is 0. The molecular weight excluding hydrogens is 192 g/mol. The minimum atomic E-state index is -0.751. The molecule has 1 rings (SSSR count). The van der Waals surface area contributed by atoms with Crippen LogP contribution in [0.15, 0.2) is 18.2 Å². The van der Waals surface area contributed by atoms with Crippen LogP contribution in [0.3, 0.4) is 0 Å². The van der Waals surface area contributed by atoms with E-state index in [-0.39, 0.29) is 11.6 Å². The average Bonchev–Trinajstić information content (AvgIpc) is 2.16. The summed E-state index contributed by atoms with van der Waals surface area (Å²) in [6.07, 6.45) is -0.751. The molecule has 0 spiro atoms. The van der Waals surface area contributed by atoms with Gasteiger partial charge < -0.3 is 14.9 Å². The smallest absolute Gasteiger partial charge is 0.160 e. The number of halogens is 1. The van der Waals surface area contributed by atoms with Gasteiger partial charge in [0.15, 0.2) is 11.5 Å². The van der Waals surface area contributed by atoms with Gasteiger partial charge in [-0.05, 0) is 17.7 Å². The minimum Gasteiger partial charge on any atom is -0.504 e. The molecule has 0 aliphatic rings. The highest BCUT2D eigenvalue weighted by Crippen LogP contribution is 2.28. The molecule has 0 saturated heterocycles. The minimum absolute atomic E-state index is 0.00386. The molecule has 0 aromatic heterocycles. The summed E-state index contributed by atoms with van der Waals surface area (Å²) in [5.74, 6) is 0.487. The second kappa shape index (κ2) is 4.35. The molecule has 0 saturated carbocycles.